The largest absolute Gasteiger partial charge is 0.494 e. The maximum absolute atomic E-state index is 10.9. The van der Waals surface area contributed by atoms with E-state index < -0.39 is 9.85 Å². The van der Waals surface area contributed by atoms with Crippen LogP contribution in [0.3, 0.4) is 0 Å². The quantitative estimate of drug-likeness (QED) is 0.236. The molecular formula is C24H26N2O5. The monoisotopic (exact) mass is 422 g/mol. The van der Waals surface area contributed by atoms with Crippen molar-refractivity contribution in [3.8, 4) is 17.6 Å². The second kappa shape index (κ2) is 10.6. The maximum Gasteiger partial charge on any atom is 0.277 e. The zero-order chi connectivity index (χ0) is 22.2. The third-order valence-corrected chi connectivity index (χ3v) is 5.64. The molecule has 0 heterocycles. The number of rotatable bonds is 7. The molecule has 0 radical (unpaired) electrons. The first-order valence-electron chi connectivity index (χ1n) is 10.6. The Hall–Kier alpha value is -3.40. The Morgan fingerprint density at radius 2 is 1.58 bits per heavy atom. The molecule has 7 heteroatoms. The molecule has 1 aliphatic rings. The van der Waals surface area contributed by atoms with Crippen LogP contribution in [0.15, 0.2) is 42.5 Å². The van der Waals surface area contributed by atoms with E-state index >= 15 is 0 Å². The topological polar surface area (TPSA) is 95.5 Å². The molecule has 0 amide bonds. The normalized spacial score (nSPS) is 18.0. The first-order chi connectivity index (χ1) is 14.9. The van der Waals surface area contributed by atoms with E-state index in [1.54, 1.807) is 0 Å². The molecule has 0 atom stereocenters. The van der Waals surface area contributed by atoms with Crippen molar-refractivity contribution in [3.05, 3.63) is 73.8 Å². The Bertz CT molecular complexity index is 951. The van der Waals surface area contributed by atoms with Gasteiger partial charge in [0.05, 0.1) is 22.5 Å². The molecule has 3 rings (SSSR count). The third kappa shape index (κ3) is 6.54. The molecule has 162 valence electrons. The van der Waals surface area contributed by atoms with Gasteiger partial charge in [-0.25, -0.2) is 0 Å². The minimum atomic E-state index is -0.661. The van der Waals surface area contributed by atoms with Gasteiger partial charge in [0.15, 0.2) is 0 Å². The van der Waals surface area contributed by atoms with Crippen molar-refractivity contribution in [2.45, 2.75) is 51.4 Å². The van der Waals surface area contributed by atoms with E-state index in [0.29, 0.717) is 25.4 Å². The van der Waals surface area contributed by atoms with E-state index in [1.807, 2.05) is 12.1 Å². The van der Waals surface area contributed by atoms with Crippen molar-refractivity contribution in [2.75, 3.05) is 6.61 Å². The van der Waals surface area contributed by atoms with Crippen LogP contribution in [-0.2, 0) is 0 Å². The van der Waals surface area contributed by atoms with Crippen molar-refractivity contribution >= 4 is 11.4 Å². The van der Waals surface area contributed by atoms with E-state index in [-0.39, 0.29) is 16.9 Å². The molecule has 1 fully saturated rings. The second-order valence-electron chi connectivity index (χ2n) is 8.03. The summed E-state index contributed by atoms with van der Waals surface area (Å²) in [6.07, 6.45) is 6.32. The molecule has 0 aliphatic heterocycles. The van der Waals surface area contributed by atoms with E-state index in [4.69, 9.17) is 4.74 Å². The van der Waals surface area contributed by atoms with Gasteiger partial charge in [-0.1, -0.05) is 43.7 Å². The number of non-ortho nitro benzene ring substituents is 2. The van der Waals surface area contributed by atoms with Crippen LogP contribution in [0.1, 0.15) is 62.5 Å². The molecule has 31 heavy (non-hydrogen) atoms. The number of nitrogens with zero attached hydrogens (tertiary/aromatic N) is 2. The average molecular weight is 422 g/mol. The van der Waals surface area contributed by atoms with Crippen LogP contribution in [-0.4, -0.2) is 16.5 Å². The average Bonchev–Trinajstić information content (AvgIpc) is 2.77. The molecule has 2 aromatic carbocycles. The lowest BCUT2D eigenvalue weighted by Crippen LogP contribution is -2.10. The summed E-state index contributed by atoms with van der Waals surface area (Å²) in [5.41, 5.74) is 0.965. The Labute approximate surface area is 181 Å². The summed E-state index contributed by atoms with van der Waals surface area (Å²) in [7, 11) is 0. The fourth-order valence-electron chi connectivity index (χ4n) is 3.82. The molecule has 0 spiro atoms. The van der Waals surface area contributed by atoms with Gasteiger partial charge in [0.1, 0.15) is 5.75 Å². The van der Waals surface area contributed by atoms with Crippen molar-refractivity contribution in [1.82, 2.24) is 0 Å². The predicted molar refractivity (Wildman–Crippen MR) is 118 cm³/mol. The van der Waals surface area contributed by atoms with E-state index in [1.165, 1.54) is 43.4 Å². The number of unbranched alkanes of at least 4 members (excludes halogenated alkanes) is 1. The fourth-order valence-corrected chi connectivity index (χ4v) is 3.82. The summed E-state index contributed by atoms with van der Waals surface area (Å²) in [5, 5.41) is 21.8. The minimum Gasteiger partial charge on any atom is -0.494 e. The summed E-state index contributed by atoms with van der Waals surface area (Å²) in [6, 6.07) is 11.8. The number of hydrogen-bond donors (Lipinski definition) is 0. The van der Waals surface area contributed by atoms with Crippen molar-refractivity contribution in [2.24, 2.45) is 5.92 Å². The molecule has 0 bridgehead atoms. The summed E-state index contributed by atoms with van der Waals surface area (Å²) < 4.78 is 5.77. The summed E-state index contributed by atoms with van der Waals surface area (Å²) in [4.78, 5) is 20.5. The van der Waals surface area contributed by atoms with Gasteiger partial charge in [-0.2, -0.15) is 0 Å². The van der Waals surface area contributed by atoms with Gasteiger partial charge in [-0.3, -0.25) is 20.2 Å². The lowest BCUT2D eigenvalue weighted by Gasteiger charge is -2.26. The number of nitro groups is 2. The lowest BCUT2D eigenvalue weighted by atomic mass is 9.79. The zero-order valence-corrected chi connectivity index (χ0v) is 17.6. The van der Waals surface area contributed by atoms with Crippen LogP contribution < -0.4 is 4.74 Å². The fraction of sp³-hybridized carbons (Fsp3) is 0.417. The molecule has 1 saturated carbocycles. The summed E-state index contributed by atoms with van der Waals surface area (Å²) in [6.45, 7) is 2.83. The number of benzene rings is 2. The Morgan fingerprint density at radius 3 is 2.16 bits per heavy atom. The van der Waals surface area contributed by atoms with Crippen LogP contribution >= 0.6 is 0 Å². The van der Waals surface area contributed by atoms with Crippen LogP contribution in [0.25, 0.3) is 0 Å². The highest BCUT2D eigenvalue weighted by Crippen LogP contribution is 2.35. The summed E-state index contributed by atoms with van der Waals surface area (Å²) in [5.74, 6) is 8.00. The second-order valence-corrected chi connectivity index (χ2v) is 8.03. The molecular weight excluding hydrogens is 396 g/mol. The Morgan fingerprint density at radius 1 is 0.968 bits per heavy atom. The SMILES string of the molecule is CC1CCC(c2ccc(OCCCC#Cc3cc([N+](=O)[O-])cc([N+](=O)[O-])c3)cc2)CC1. The van der Waals surface area contributed by atoms with Crippen LogP contribution in [0.2, 0.25) is 0 Å². The molecule has 0 saturated heterocycles. The molecule has 7 nitrogen and oxygen atoms in total. The minimum absolute atomic E-state index is 0.259. The standard InChI is InChI=1S/C24H26N2O5/c1-18-6-8-20(9-7-18)21-10-12-24(13-11-21)31-14-4-2-3-5-19-15-22(25(27)28)17-23(16-19)26(29)30/h10-13,15-18,20H,2,4,6-9,14H2,1H3. The smallest absolute Gasteiger partial charge is 0.277 e. The number of nitro benzene ring substituents is 2. The highest BCUT2D eigenvalue weighted by atomic mass is 16.6. The van der Waals surface area contributed by atoms with Crippen LogP contribution in [0.4, 0.5) is 11.4 Å². The van der Waals surface area contributed by atoms with Gasteiger partial charge >= 0.3 is 0 Å². The van der Waals surface area contributed by atoms with Gasteiger partial charge in [0, 0.05) is 24.1 Å². The molecule has 1 aliphatic carbocycles. The molecule has 0 unspecified atom stereocenters. The predicted octanol–water partition coefficient (Wildman–Crippen LogP) is 6.01. The summed E-state index contributed by atoms with van der Waals surface area (Å²) >= 11 is 0. The van der Waals surface area contributed by atoms with Crippen molar-refractivity contribution in [3.63, 3.8) is 0 Å². The molecule has 2 aromatic rings. The number of hydrogen-bond acceptors (Lipinski definition) is 5. The maximum atomic E-state index is 10.9. The zero-order valence-electron chi connectivity index (χ0n) is 17.6. The van der Waals surface area contributed by atoms with Gasteiger partial charge in [-0.05, 0) is 48.8 Å². The Balaban J connectivity index is 1.46. The van der Waals surface area contributed by atoms with E-state index in [9.17, 15) is 20.2 Å². The van der Waals surface area contributed by atoms with E-state index in [2.05, 4.69) is 30.9 Å². The third-order valence-electron chi connectivity index (χ3n) is 5.64. The Kier molecular flexibility index (Phi) is 7.60. The van der Waals surface area contributed by atoms with Crippen molar-refractivity contribution < 1.29 is 14.6 Å². The van der Waals surface area contributed by atoms with Crippen LogP contribution in [0, 0.1) is 38.0 Å². The van der Waals surface area contributed by atoms with E-state index in [0.717, 1.165) is 17.7 Å². The van der Waals surface area contributed by atoms with Crippen LogP contribution in [0.5, 0.6) is 5.75 Å². The highest BCUT2D eigenvalue weighted by molar-refractivity contribution is 5.52. The van der Waals surface area contributed by atoms with Gasteiger partial charge in [-0.15, -0.1) is 0 Å². The first kappa shape index (κ1) is 22.3. The van der Waals surface area contributed by atoms with Gasteiger partial charge in [0.25, 0.3) is 11.4 Å². The lowest BCUT2D eigenvalue weighted by molar-refractivity contribution is -0.394. The van der Waals surface area contributed by atoms with Gasteiger partial charge < -0.3 is 4.74 Å². The highest BCUT2D eigenvalue weighted by Gasteiger charge is 2.19. The van der Waals surface area contributed by atoms with Gasteiger partial charge in [0.2, 0.25) is 0 Å². The van der Waals surface area contributed by atoms with Crippen molar-refractivity contribution in [1.29, 1.82) is 0 Å². The first-order valence-corrected chi connectivity index (χ1v) is 10.6. The molecule has 0 aromatic heterocycles. The molecule has 0 N–H and O–H groups in total. The number of ether oxygens (including phenoxy) is 1.